The van der Waals surface area contributed by atoms with Crippen LogP contribution in [0.15, 0.2) is 23.3 Å². The SMILES string of the molecule is C[C@H]1C[C@@]23CC[C@@]4(O2)C(=CC[C@]2(C)C(=O)CC[C@H]24)C=C3[C@@H](O)[C@@H]1O. The monoisotopic (exact) mass is 330 g/mol. The van der Waals surface area contributed by atoms with Gasteiger partial charge in [0.25, 0.3) is 0 Å². The zero-order valence-electron chi connectivity index (χ0n) is 14.4. The van der Waals surface area contributed by atoms with Gasteiger partial charge in [-0.1, -0.05) is 26.0 Å². The van der Waals surface area contributed by atoms with Crippen molar-refractivity contribution >= 4 is 5.78 Å². The van der Waals surface area contributed by atoms with E-state index in [1.165, 1.54) is 0 Å². The van der Waals surface area contributed by atoms with E-state index in [9.17, 15) is 15.0 Å². The summed E-state index contributed by atoms with van der Waals surface area (Å²) in [6.45, 7) is 4.11. The Morgan fingerprint density at radius 2 is 2.08 bits per heavy atom. The fourth-order valence-electron chi connectivity index (χ4n) is 6.50. The zero-order valence-corrected chi connectivity index (χ0v) is 14.4. The lowest BCUT2D eigenvalue weighted by Crippen LogP contribution is -2.58. The van der Waals surface area contributed by atoms with Crippen LogP contribution < -0.4 is 0 Å². The number of carbonyl (C=O) groups excluding carboxylic acids is 1. The molecule has 2 heterocycles. The summed E-state index contributed by atoms with van der Waals surface area (Å²) in [5.74, 6) is 0.635. The Labute approximate surface area is 142 Å². The van der Waals surface area contributed by atoms with Gasteiger partial charge >= 0.3 is 0 Å². The largest absolute Gasteiger partial charge is 0.390 e. The van der Waals surface area contributed by atoms with Gasteiger partial charge in [0.1, 0.15) is 11.9 Å². The van der Waals surface area contributed by atoms with Gasteiger partial charge in [-0.3, -0.25) is 4.79 Å². The van der Waals surface area contributed by atoms with E-state index in [1.54, 1.807) is 0 Å². The lowest BCUT2D eigenvalue weighted by molar-refractivity contribution is -0.164. The molecule has 0 aromatic rings. The smallest absolute Gasteiger partial charge is 0.139 e. The Kier molecular flexibility index (Phi) is 2.81. The molecule has 1 saturated heterocycles. The summed E-state index contributed by atoms with van der Waals surface area (Å²) in [7, 11) is 0. The number of ether oxygens (including phenoxy) is 1. The average Bonchev–Trinajstić information content (AvgIpc) is 3.02. The van der Waals surface area contributed by atoms with E-state index in [2.05, 4.69) is 19.1 Å². The molecule has 5 rings (SSSR count). The van der Waals surface area contributed by atoms with E-state index in [-0.39, 0.29) is 22.9 Å². The van der Waals surface area contributed by atoms with Crippen LogP contribution >= 0.6 is 0 Å². The fourth-order valence-corrected chi connectivity index (χ4v) is 6.50. The minimum atomic E-state index is -0.843. The van der Waals surface area contributed by atoms with Crippen LogP contribution in [0.2, 0.25) is 0 Å². The molecule has 2 spiro atoms. The number of fused-ring (bicyclic) bond motifs is 1. The van der Waals surface area contributed by atoms with Gasteiger partial charge < -0.3 is 14.9 Å². The molecule has 2 N–H and O–H groups in total. The maximum Gasteiger partial charge on any atom is 0.139 e. The third-order valence-corrected chi connectivity index (χ3v) is 7.86. The summed E-state index contributed by atoms with van der Waals surface area (Å²) >= 11 is 0. The molecular weight excluding hydrogens is 304 g/mol. The Hall–Kier alpha value is -0.970. The van der Waals surface area contributed by atoms with Gasteiger partial charge in [0.15, 0.2) is 0 Å². The molecular formula is C20H26O4. The van der Waals surface area contributed by atoms with Crippen molar-refractivity contribution in [3.05, 3.63) is 23.3 Å². The molecule has 5 aliphatic rings. The number of ketones is 1. The molecule has 0 unspecified atom stereocenters. The van der Waals surface area contributed by atoms with Gasteiger partial charge in [-0.05, 0) is 49.2 Å². The van der Waals surface area contributed by atoms with Crippen LogP contribution in [0.5, 0.6) is 0 Å². The van der Waals surface area contributed by atoms with Crippen LogP contribution in [0.1, 0.15) is 52.4 Å². The second-order valence-corrected chi connectivity index (χ2v) is 9.00. The van der Waals surface area contributed by atoms with Crippen molar-refractivity contribution in [3.63, 3.8) is 0 Å². The number of rotatable bonds is 0. The molecule has 24 heavy (non-hydrogen) atoms. The van der Waals surface area contributed by atoms with Crippen molar-refractivity contribution in [2.75, 3.05) is 0 Å². The van der Waals surface area contributed by atoms with Crippen LogP contribution in [0.3, 0.4) is 0 Å². The van der Waals surface area contributed by atoms with Crippen LogP contribution in [-0.4, -0.2) is 39.4 Å². The minimum absolute atomic E-state index is 0.0120. The second kappa shape index (κ2) is 4.40. The summed E-state index contributed by atoms with van der Waals surface area (Å²) in [5.41, 5.74) is 0.909. The normalized spacial score (nSPS) is 55.4. The summed E-state index contributed by atoms with van der Waals surface area (Å²) in [5, 5.41) is 21.0. The molecule has 130 valence electrons. The highest BCUT2D eigenvalue weighted by Crippen LogP contribution is 2.65. The second-order valence-electron chi connectivity index (χ2n) is 9.00. The van der Waals surface area contributed by atoms with Gasteiger partial charge in [-0.2, -0.15) is 0 Å². The van der Waals surface area contributed by atoms with Crippen molar-refractivity contribution in [1.29, 1.82) is 0 Å². The van der Waals surface area contributed by atoms with E-state index in [0.29, 0.717) is 12.2 Å². The Balaban J connectivity index is 1.67. The first-order valence-electron chi connectivity index (χ1n) is 9.35. The summed E-state index contributed by atoms with van der Waals surface area (Å²) in [6.07, 6.45) is 7.60. The molecule has 7 atom stereocenters. The van der Waals surface area contributed by atoms with E-state index < -0.39 is 17.8 Å². The maximum atomic E-state index is 12.5. The average molecular weight is 330 g/mol. The van der Waals surface area contributed by atoms with Gasteiger partial charge in [-0.15, -0.1) is 0 Å². The van der Waals surface area contributed by atoms with Gasteiger partial charge in [0.05, 0.1) is 17.3 Å². The number of Topliss-reactive ketones (excluding diaryl/α,β-unsaturated/α-hetero) is 1. The predicted molar refractivity (Wildman–Crippen MR) is 88.2 cm³/mol. The molecule has 3 aliphatic carbocycles. The van der Waals surface area contributed by atoms with E-state index in [4.69, 9.17) is 4.74 Å². The van der Waals surface area contributed by atoms with Crippen LogP contribution in [0.4, 0.5) is 0 Å². The highest BCUT2D eigenvalue weighted by molar-refractivity contribution is 5.88. The highest BCUT2D eigenvalue weighted by atomic mass is 16.5. The van der Waals surface area contributed by atoms with Crippen molar-refractivity contribution in [1.82, 2.24) is 0 Å². The standard InChI is InChI=1S/C20H26O4/c1-11-10-19-7-8-20(24-19)12(9-13(19)17(23)16(11)22)5-6-18(2)14(20)3-4-15(18)21/h5,9,11,14,16-17,22-23H,3-4,6-8,10H2,1-2H3/t11-,14+,16+,17+,18-,19+,20+/m0/s1. The molecule has 2 bridgehead atoms. The van der Waals surface area contributed by atoms with Crippen molar-refractivity contribution in [2.24, 2.45) is 17.3 Å². The topological polar surface area (TPSA) is 66.8 Å². The van der Waals surface area contributed by atoms with E-state index in [1.807, 2.05) is 6.92 Å². The van der Waals surface area contributed by atoms with Crippen LogP contribution in [0, 0.1) is 17.3 Å². The van der Waals surface area contributed by atoms with Crippen molar-refractivity contribution < 1.29 is 19.7 Å². The number of aliphatic hydroxyl groups is 2. The lowest BCUT2D eigenvalue weighted by atomic mass is 9.60. The van der Waals surface area contributed by atoms with Gasteiger partial charge in [-0.25, -0.2) is 0 Å². The maximum absolute atomic E-state index is 12.5. The van der Waals surface area contributed by atoms with Crippen LogP contribution in [0.25, 0.3) is 0 Å². The highest BCUT2D eigenvalue weighted by Gasteiger charge is 2.67. The first-order chi connectivity index (χ1) is 11.3. The Morgan fingerprint density at radius 1 is 1.29 bits per heavy atom. The minimum Gasteiger partial charge on any atom is -0.390 e. The molecule has 0 aromatic heterocycles. The van der Waals surface area contributed by atoms with Crippen molar-refractivity contribution in [3.8, 4) is 0 Å². The molecule has 2 aliphatic heterocycles. The first kappa shape index (κ1) is 15.3. The van der Waals surface area contributed by atoms with Gasteiger partial charge in [0.2, 0.25) is 0 Å². The first-order valence-corrected chi connectivity index (χ1v) is 9.35. The molecule has 2 saturated carbocycles. The molecule has 0 aromatic carbocycles. The number of carbonyl (C=O) groups is 1. The third-order valence-electron chi connectivity index (χ3n) is 7.86. The number of hydrogen-bond donors (Lipinski definition) is 2. The van der Waals surface area contributed by atoms with E-state index >= 15 is 0 Å². The molecule has 0 amide bonds. The molecule has 0 radical (unpaired) electrons. The summed E-state index contributed by atoms with van der Waals surface area (Å²) < 4.78 is 6.84. The molecule has 4 heteroatoms. The fraction of sp³-hybridized carbons (Fsp3) is 0.750. The zero-order chi connectivity index (χ0) is 16.9. The number of hydrogen-bond acceptors (Lipinski definition) is 4. The number of allylic oxidation sites excluding steroid dienone is 1. The lowest BCUT2D eigenvalue weighted by Gasteiger charge is -2.54. The van der Waals surface area contributed by atoms with E-state index in [0.717, 1.165) is 43.3 Å². The summed E-state index contributed by atoms with van der Waals surface area (Å²) in [6, 6.07) is 0. The quantitative estimate of drug-likeness (QED) is 0.715. The predicted octanol–water partition coefficient (Wildman–Crippen LogP) is 2.29. The number of aliphatic hydroxyl groups excluding tert-OH is 2. The van der Waals surface area contributed by atoms with Crippen molar-refractivity contribution in [2.45, 2.75) is 75.8 Å². The van der Waals surface area contributed by atoms with Crippen LogP contribution in [-0.2, 0) is 9.53 Å². The Morgan fingerprint density at radius 3 is 2.88 bits per heavy atom. The summed E-state index contributed by atoms with van der Waals surface area (Å²) in [4.78, 5) is 12.5. The molecule has 3 fully saturated rings. The van der Waals surface area contributed by atoms with Gasteiger partial charge in [0, 0.05) is 17.8 Å². The Bertz CT molecular complexity index is 694. The molecule has 4 nitrogen and oxygen atoms in total. The third kappa shape index (κ3) is 1.54.